The molecular weight excluding hydrogens is 187 g/mol. The molecule has 1 rings (SSSR count). The first-order valence-electron chi connectivity index (χ1n) is 4.04. The number of H-pyrrole nitrogens is 1. The predicted molar refractivity (Wildman–Crippen MR) is 51.1 cm³/mol. The molecule has 0 spiro atoms. The van der Waals surface area contributed by atoms with Crippen molar-refractivity contribution >= 4 is 8.07 Å². The molecule has 0 amide bonds. The molecule has 0 saturated carbocycles. The second kappa shape index (κ2) is 2.92. The molecule has 1 radical (unpaired) electrons. The van der Waals surface area contributed by atoms with E-state index in [4.69, 9.17) is 0 Å². The smallest absolute Gasteiger partial charge is 0.214 e. The zero-order valence-electron chi connectivity index (χ0n) is 8.06. The van der Waals surface area contributed by atoms with Crippen LogP contribution in [0.25, 0.3) is 0 Å². The molecule has 73 valence electrons. The minimum atomic E-state index is -1.98. The highest BCUT2D eigenvalue weighted by Gasteiger charge is 2.41. The number of nitrogens with one attached hydrogen (secondary N) is 1. The van der Waals surface area contributed by atoms with Gasteiger partial charge in [-0.25, -0.2) is 0 Å². The number of hydrogen-bond acceptors (Lipinski definition) is 2. The van der Waals surface area contributed by atoms with Gasteiger partial charge in [-0.05, 0) is 6.92 Å². The number of halogens is 1. The van der Waals surface area contributed by atoms with Crippen molar-refractivity contribution in [2.75, 3.05) is 0 Å². The van der Waals surface area contributed by atoms with Crippen LogP contribution < -0.4 is 0 Å². The van der Waals surface area contributed by atoms with Crippen LogP contribution in [0.5, 0.6) is 0 Å². The minimum absolute atomic E-state index is 0.159. The van der Waals surface area contributed by atoms with E-state index >= 15 is 0 Å². The molecule has 0 aliphatic carbocycles. The Morgan fingerprint density at radius 2 is 2.15 bits per heavy atom. The summed E-state index contributed by atoms with van der Waals surface area (Å²) in [7, 11) is -1.98. The molecular formula is C8H14FN2OSi. The second-order valence-corrected chi connectivity index (χ2v) is 9.54. The molecule has 0 aliphatic rings. The van der Waals surface area contributed by atoms with Crippen molar-refractivity contribution in [2.24, 2.45) is 0 Å². The van der Waals surface area contributed by atoms with E-state index in [9.17, 15) is 9.50 Å². The monoisotopic (exact) mass is 201 g/mol. The first-order valence-corrected chi connectivity index (χ1v) is 7.54. The van der Waals surface area contributed by atoms with Crippen molar-refractivity contribution in [1.29, 1.82) is 0 Å². The number of hydrogen-bond donors (Lipinski definition) is 2. The minimum Gasteiger partial charge on any atom is -0.389 e. The Labute approximate surface area is 78.0 Å². The summed E-state index contributed by atoms with van der Waals surface area (Å²) in [5.41, 5.74) is 0.159. The van der Waals surface area contributed by atoms with Crippen LogP contribution in [-0.2, 0) is 5.22 Å². The zero-order chi connectivity index (χ0) is 10.3. The Morgan fingerprint density at radius 3 is 2.46 bits per heavy atom. The van der Waals surface area contributed by atoms with Crippen LogP contribution in [0.1, 0.15) is 5.56 Å². The summed E-state index contributed by atoms with van der Waals surface area (Å²) in [6.45, 7) is 9.43. The van der Waals surface area contributed by atoms with Gasteiger partial charge in [0, 0.05) is 0 Å². The number of rotatable bonds is 2. The third kappa shape index (κ3) is 1.66. The van der Waals surface area contributed by atoms with E-state index in [1.807, 2.05) is 19.6 Å². The lowest BCUT2D eigenvalue weighted by atomic mass is 10.2. The van der Waals surface area contributed by atoms with Gasteiger partial charge in [0.15, 0.2) is 0 Å². The van der Waals surface area contributed by atoms with Gasteiger partial charge in [-0.15, -0.1) is 0 Å². The quantitative estimate of drug-likeness (QED) is 0.711. The van der Waals surface area contributed by atoms with Crippen molar-refractivity contribution in [2.45, 2.75) is 24.9 Å². The van der Waals surface area contributed by atoms with E-state index in [1.165, 1.54) is 6.20 Å². The average molecular weight is 201 g/mol. The van der Waals surface area contributed by atoms with E-state index in [1.54, 1.807) is 0 Å². The number of aromatic amines is 1. The highest BCUT2D eigenvalue weighted by Crippen LogP contribution is 2.31. The summed E-state index contributed by atoms with van der Waals surface area (Å²) in [6, 6.07) is 0. The normalized spacial score (nSPS) is 17.1. The zero-order valence-corrected chi connectivity index (χ0v) is 9.06. The Morgan fingerprint density at radius 1 is 1.62 bits per heavy atom. The highest BCUT2D eigenvalue weighted by atomic mass is 28.3. The van der Waals surface area contributed by atoms with Crippen LogP contribution in [-0.4, -0.2) is 23.4 Å². The van der Waals surface area contributed by atoms with Gasteiger partial charge in [-0.1, -0.05) is 19.6 Å². The van der Waals surface area contributed by atoms with Crippen LogP contribution in [0.3, 0.4) is 0 Å². The maximum absolute atomic E-state index is 13.1. The standard InChI is InChI=1S/C8H14FN2OSi/c1-8(12,13(2,3)4)6-5-10-11-7(6)9/h5,12H,1H2,2-4H3,(H,10,11). The largest absolute Gasteiger partial charge is 0.389 e. The topological polar surface area (TPSA) is 48.9 Å². The van der Waals surface area contributed by atoms with E-state index in [2.05, 4.69) is 17.1 Å². The summed E-state index contributed by atoms with van der Waals surface area (Å²) in [5.74, 6) is -0.597. The Kier molecular flexibility index (Phi) is 2.33. The molecule has 1 heterocycles. The fourth-order valence-electron chi connectivity index (χ4n) is 0.963. The van der Waals surface area contributed by atoms with Crippen molar-refractivity contribution < 1.29 is 9.50 Å². The van der Waals surface area contributed by atoms with E-state index in [-0.39, 0.29) is 5.56 Å². The first-order chi connectivity index (χ1) is 5.77. The summed E-state index contributed by atoms with van der Waals surface area (Å²) in [5, 5.41) is 14.4. The molecule has 0 aromatic carbocycles. The third-order valence-corrected chi connectivity index (χ3v) is 5.03. The lowest BCUT2D eigenvalue weighted by molar-refractivity contribution is 0.159. The summed E-state index contributed by atoms with van der Waals surface area (Å²) in [6.07, 6.45) is 1.29. The van der Waals surface area contributed by atoms with Gasteiger partial charge in [0.05, 0.1) is 25.1 Å². The molecule has 0 fully saturated rings. The van der Waals surface area contributed by atoms with Crippen LogP contribution in [0.15, 0.2) is 6.20 Å². The van der Waals surface area contributed by atoms with Crippen LogP contribution >= 0.6 is 0 Å². The summed E-state index contributed by atoms with van der Waals surface area (Å²) < 4.78 is 13.1. The van der Waals surface area contributed by atoms with E-state index < -0.39 is 19.2 Å². The number of nitrogens with zero attached hydrogens (tertiary/aromatic N) is 1. The van der Waals surface area contributed by atoms with Gasteiger partial charge < -0.3 is 5.11 Å². The Bertz CT molecular complexity index is 303. The molecule has 0 bridgehead atoms. The lowest BCUT2D eigenvalue weighted by Crippen LogP contribution is -2.47. The summed E-state index contributed by atoms with van der Waals surface area (Å²) >= 11 is 0. The molecule has 1 atom stereocenters. The van der Waals surface area contributed by atoms with Crippen molar-refractivity contribution in [3.05, 3.63) is 24.6 Å². The molecule has 2 N–H and O–H groups in total. The average Bonchev–Trinajstić information content (AvgIpc) is 2.32. The predicted octanol–water partition coefficient (Wildman–Crippen LogP) is 1.45. The van der Waals surface area contributed by atoms with Crippen LogP contribution in [0, 0.1) is 12.9 Å². The number of aliphatic hydroxyl groups is 1. The van der Waals surface area contributed by atoms with E-state index in [0.717, 1.165) is 0 Å². The lowest BCUT2D eigenvalue weighted by Gasteiger charge is -2.34. The van der Waals surface area contributed by atoms with Crippen molar-refractivity contribution in [3.63, 3.8) is 0 Å². The Balaban J connectivity index is 3.15. The van der Waals surface area contributed by atoms with Gasteiger partial charge in [-0.3, -0.25) is 5.10 Å². The molecule has 0 saturated heterocycles. The van der Waals surface area contributed by atoms with Crippen molar-refractivity contribution in [1.82, 2.24) is 10.2 Å². The fraction of sp³-hybridized carbons (Fsp3) is 0.500. The van der Waals surface area contributed by atoms with Crippen molar-refractivity contribution in [3.8, 4) is 0 Å². The van der Waals surface area contributed by atoms with Crippen LogP contribution in [0.4, 0.5) is 4.39 Å². The first kappa shape index (κ1) is 10.4. The van der Waals surface area contributed by atoms with Gasteiger partial charge in [-0.2, -0.15) is 9.49 Å². The van der Waals surface area contributed by atoms with Gasteiger partial charge in [0.1, 0.15) is 0 Å². The number of aromatic nitrogens is 2. The molecule has 1 unspecified atom stereocenters. The maximum atomic E-state index is 13.1. The molecule has 3 nitrogen and oxygen atoms in total. The molecule has 0 aliphatic heterocycles. The maximum Gasteiger partial charge on any atom is 0.214 e. The van der Waals surface area contributed by atoms with Gasteiger partial charge >= 0.3 is 0 Å². The molecule has 1 aromatic heterocycles. The highest BCUT2D eigenvalue weighted by molar-refractivity contribution is 6.78. The third-order valence-electron chi connectivity index (χ3n) is 2.28. The van der Waals surface area contributed by atoms with Crippen LogP contribution in [0.2, 0.25) is 19.6 Å². The summed E-state index contributed by atoms with van der Waals surface area (Å²) in [4.78, 5) is 0. The molecule has 13 heavy (non-hydrogen) atoms. The van der Waals surface area contributed by atoms with Gasteiger partial charge in [0.25, 0.3) is 0 Å². The van der Waals surface area contributed by atoms with E-state index in [0.29, 0.717) is 0 Å². The molecule has 1 aromatic rings. The molecule has 5 heteroatoms. The fourth-order valence-corrected chi connectivity index (χ4v) is 1.95. The Hall–Kier alpha value is -0.683. The second-order valence-electron chi connectivity index (χ2n) is 4.21. The SMILES string of the molecule is [CH2]C(O)(c1cn[nH]c1F)[Si](C)(C)C. The van der Waals surface area contributed by atoms with Gasteiger partial charge in [0.2, 0.25) is 5.95 Å².